The van der Waals surface area contributed by atoms with Crippen molar-refractivity contribution in [3.05, 3.63) is 83.9 Å². The van der Waals surface area contributed by atoms with Crippen LogP contribution < -0.4 is 0 Å². The van der Waals surface area contributed by atoms with E-state index < -0.39 is 20.2 Å². The van der Waals surface area contributed by atoms with Crippen molar-refractivity contribution in [2.45, 2.75) is 126 Å². The third-order valence-corrected chi connectivity index (χ3v) is 10.2. The van der Waals surface area contributed by atoms with Gasteiger partial charge in [0.2, 0.25) is 0 Å². The van der Waals surface area contributed by atoms with Crippen LogP contribution >= 0.6 is 0 Å². The van der Waals surface area contributed by atoms with E-state index >= 15 is 0 Å². The minimum absolute atomic E-state index is 0. The molecule has 0 saturated heterocycles. The van der Waals surface area contributed by atoms with Crippen molar-refractivity contribution in [1.29, 1.82) is 0 Å². The van der Waals surface area contributed by atoms with Crippen molar-refractivity contribution in [2.75, 3.05) is 0 Å². The van der Waals surface area contributed by atoms with Crippen LogP contribution in [0.3, 0.4) is 0 Å². The normalized spacial score (nSPS) is 11.7. The Hall–Kier alpha value is -1.52. The van der Waals surface area contributed by atoms with Gasteiger partial charge in [-0.25, -0.2) is 16.8 Å². The zero-order valence-corrected chi connectivity index (χ0v) is 32.1. The Bertz CT molecular complexity index is 1610. The molecule has 0 fully saturated rings. The van der Waals surface area contributed by atoms with Crippen LogP contribution in [-0.2, 0) is 33.1 Å². The van der Waals surface area contributed by atoms with E-state index in [9.17, 15) is 25.9 Å². The van der Waals surface area contributed by atoms with E-state index in [0.29, 0.717) is 0 Å². The molecule has 0 aliphatic rings. The molecule has 0 bridgehead atoms. The summed E-state index contributed by atoms with van der Waals surface area (Å²) in [6.45, 7) is 4.45. The van der Waals surface area contributed by atoms with Crippen LogP contribution in [0.15, 0.2) is 82.6 Å². The van der Waals surface area contributed by atoms with Crippen LogP contribution in [0, 0.1) is 0 Å². The Kier molecular flexibility index (Phi) is 19.1. The van der Waals surface area contributed by atoms with Gasteiger partial charge in [-0.3, -0.25) is 0 Å². The first-order chi connectivity index (χ1) is 22.0. The zero-order valence-electron chi connectivity index (χ0n) is 28.2. The largest absolute Gasteiger partial charge is 2.00 e. The Labute approximate surface area is 313 Å². The van der Waals surface area contributed by atoms with Gasteiger partial charge in [0.1, 0.15) is 20.2 Å². The molecule has 0 saturated carbocycles. The van der Waals surface area contributed by atoms with Gasteiger partial charge in [0.25, 0.3) is 0 Å². The smallest absolute Gasteiger partial charge is 0.744 e. The fraction of sp³-hybridized carbons (Fsp3) is 0.474. The van der Waals surface area contributed by atoms with Crippen molar-refractivity contribution in [1.82, 2.24) is 0 Å². The summed E-state index contributed by atoms with van der Waals surface area (Å²) < 4.78 is 66.7. The van der Waals surface area contributed by atoms with Gasteiger partial charge in [0.05, 0.1) is 9.79 Å². The fourth-order valence-electron chi connectivity index (χ4n) is 5.95. The van der Waals surface area contributed by atoms with Gasteiger partial charge >= 0.3 is 37.7 Å². The maximum absolute atomic E-state index is 11.1. The summed E-state index contributed by atoms with van der Waals surface area (Å²) in [5.74, 6) is 0. The Balaban J connectivity index is 0.000000320. The van der Waals surface area contributed by atoms with Gasteiger partial charge in [-0.15, -0.1) is 0 Å². The minimum Gasteiger partial charge on any atom is -0.744 e. The average Bonchev–Trinajstić information content (AvgIpc) is 3.03. The molecule has 0 atom stereocenters. The molecule has 4 aromatic rings. The second kappa shape index (κ2) is 21.5. The maximum Gasteiger partial charge on any atom is 2.00 e. The van der Waals surface area contributed by atoms with E-state index in [0.717, 1.165) is 47.2 Å². The molecule has 9 heteroatoms. The summed E-state index contributed by atoms with van der Waals surface area (Å²) in [5.41, 5.74) is 2.46. The molecule has 0 radical (unpaired) electrons. The predicted octanol–water partition coefficient (Wildman–Crippen LogP) is 9.69. The summed E-state index contributed by atoms with van der Waals surface area (Å²) in [4.78, 5) is -0.309. The molecule has 0 aliphatic heterocycles. The quantitative estimate of drug-likeness (QED) is 0.0578. The molecule has 0 N–H and O–H groups in total. The van der Waals surface area contributed by atoms with Crippen molar-refractivity contribution in [3.63, 3.8) is 0 Å². The first-order valence-corrected chi connectivity index (χ1v) is 19.8. The van der Waals surface area contributed by atoms with E-state index in [1.54, 1.807) is 12.1 Å². The van der Waals surface area contributed by atoms with E-state index in [1.807, 2.05) is 24.3 Å². The Morgan fingerprint density at radius 1 is 0.468 bits per heavy atom. The van der Waals surface area contributed by atoms with Crippen LogP contribution in [0.2, 0.25) is 0 Å². The molecule has 252 valence electrons. The van der Waals surface area contributed by atoms with Crippen molar-refractivity contribution >= 4 is 79.5 Å². The number of hydrogen-bond donors (Lipinski definition) is 0. The van der Waals surface area contributed by atoms with Crippen LogP contribution in [0.1, 0.15) is 115 Å². The third-order valence-electron chi connectivity index (χ3n) is 8.56. The van der Waals surface area contributed by atoms with Gasteiger partial charge in [-0.1, -0.05) is 139 Å². The van der Waals surface area contributed by atoms with Crippen LogP contribution in [0.25, 0.3) is 21.5 Å². The van der Waals surface area contributed by atoms with Gasteiger partial charge in [0.15, 0.2) is 0 Å². The third kappa shape index (κ3) is 14.5. The van der Waals surface area contributed by atoms with E-state index in [1.165, 1.54) is 112 Å². The molecule has 0 aliphatic carbocycles. The molecule has 0 amide bonds. The molecule has 0 aromatic heterocycles. The number of aryl methyl sites for hydroxylation is 2. The second-order valence-corrected chi connectivity index (χ2v) is 15.0. The summed E-state index contributed by atoms with van der Waals surface area (Å²) >= 11 is 0. The summed E-state index contributed by atoms with van der Waals surface area (Å²) in [7, 11) is -8.78. The average molecular weight is 707 g/mol. The molecule has 0 heterocycles. The number of unbranched alkanes of at least 4 members (excludes halogenated alkanes) is 12. The molecule has 4 aromatic carbocycles. The van der Waals surface area contributed by atoms with Crippen molar-refractivity contribution in [2.24, 2.45) is 0 Å². The van der Waals surface area contributed by atoms with Gasteiger partial charge < -0.3 is 9.11 Å². The van der Waals surface area contributed by atoms with Crippen LogP contribution in [0.5, 0.6) is 0 Å². The van der Waals surface area contributed by atoms with Crippen LogP contribution in [0.4, 0.5) is 0 Å². The number of fused-ring (bicyclic) bond motifs is 2. The first-order valence-electron chi connectivity index (χ1n) is 17.0. The van der Waals surface area contributed by atoms with E-state index in [-0.39, 0.29) is 47.5 Å². The van der Waals surface area contributed by atoms with Crippen LogP contribution in [-0.4, -0.2) is 63.7 Å². The summed E-state index contributed by atoms with van der Waals surface area (Å²) in [6, 6.07) is 21.1. The monoisotopic (exact) mass is 706 g/mol. The van der Waals surface area contributed by atoms with Crippen molar-refractivity contribution < 1.29 is 25.9 Å². The van der Waals surface area contributed by atoms with Gasteiger partial charge in [-0.05, 0) is 82.6 Å². The standard InChI is InChI=1S/2C19H26O3S.Ca/c2*1-2-3-4-5-6-7-8-10-16-11-9-12-17-15-18(23(20,21)22)13-14-19(16)17;/h2*9,11-15H,2-8,10H2,1H3,(H,20,21,22);/q;;+2/p-2. The second-order valence-electron chi connectivity index (χ2n) is 12.3. The predicted molar refractivity (Wildman–Crippen MR) is 193 cm³/mol. The van der Waals surface area contributed by atoms with Crippen molar-refractivity contribution in [3.8, 4) is 0 Å². The van der Waals surface area contributed by atoms with Gasteiger partial charge in [-0.2, -0.15) is 0 Å². The Morgan fingerprint density at radius 3 is 1.15 bits per heavy atom. The minimum atomic E-state index is -4.39. The topological polar surface area (TPSA) is 114 Å². The molecule has 0 unspecified atom stereocenters. The summed E-state index contributed by atoms with van der Waals surface area (Å²) in [6.07, 6.45) is 19.8. The molecule has 0 spiro atoms. The van der Waals surface area contributed by atoms with E-state index in [2.05, 4.69) is 26.0 Å². The molecule has 4 rings (SSSR count). The number of benzene rings is 4. The number of rotatable bonds is 18. The first kappa shape index (κ1) is 41.7. The molecular formula is C38H50CaO6S2. The summed E-state index contributed by atoms with van der Waals surface area (Å²) in [5, 5.41) is 3.74. The van der Waals surface area contributed by atoms with E-state index in [4.69, 9.17) is 0 Å². The molecule has 6 nitrogen and oxygen atoms in total. The Morgan fingerprint density at radius 2 is 0.809 bits per heavy atom. The fourth-order valence-corrected chi connectivity index (χ4v) is 6.96. The SMILES string of the molecule is CCCCCCCCCc1cccc2cc(S(=O)(=O)[O-])ccc12.CCCCCCCCCc1cccc2cc(S(=O)(=O)[O-])ccc12.[Ca+2]. The number of hydrogen-bond acceptors (Lipinski definition) is 6. The van der Waals surface area contributed by atoms with Gasteiger partial charge in [0, 0.05) is 0 Å². The molecular weight excluding hydrogens is 657 g/mol. The molecule has 47 heavy (non-hydrogen) atoms. The zero-order chi connectivity index (χ0) is 33.4. The maximum atomic E-state index is 11.1.